The summed E-state index contributed by atoms with van der Waals surface area (Å²) in [5.41, 5.74) is -0.686. The maximum absolute atomic E-state index is 13.5. The molecule has 0 saturated heterocycles. The van der Waals surface area contributed by atoms with Crippen LogP contribution in [0.1, 0.15) is 19.4 Å². The van der Waals surface area contributed by atoms with E-state index in [1.54, 1.807) is 37.0 Å². The molecule has 0 aliphatic carbocycles. The number of hydrogen-bond donors (Lipinski definition) is 1. The Morgan fingerprint density at radius 1 is 1.52 bits per heavy atom. The highest BCUT2D eigenvalue weighted by Gasteiger charge is 2.30. The molecule has 108 valence electrons. The van der Waals surface area contributed by atoms with Gasteiger partial charge in [-0.3, -0.25) is 9.48 Å². The summed E-state index contributed by atoms with van der Waals surface area (Å²) in [7, 11) is 0. The lowest BCUT2D eigenvalue weighted by Crippen LogP contribution is -2.40. The molecule has 1 aromatic carbocycles. The molecule has 0 aliphatic rings. The van der Waals surface area contributed by atoms with Crippen molar-refractivity contribution >= 4 is 34.2 Å². The van der Waals surface area contributed by atoms with E-state index < -0.39 is 11.4 Å². The Balaban J connectivity index is 2.21. The summed E-state index contributed by atoms with van der Waals surface area (Å²) < 4.78 is 16.0. The quantitative estimate of drug-likeness (QED) is 0.809. The molecule has 21 heavy (non-hydrogen) atoms. The van der Waals surface area contributed by atoms with Crippen molar-refractivity contribution in [1.82, 2.24) is 9.78 Å². The zero-order valence-corrected chi connectivity index (χ0v) is 13.6. The second kappa shape index (κ2) is 5.81. The van der Waals surface area contributed by atoms with Gasteiger partial charge < -0.3 is 5.32 Å². The number of nitrogens with zero attached hydrogens (tertiary/aromatic N) is 3. The smallest absolute Gasteiger partial charge is 0.251 e. The van der Waals surface area contributed by atoms with Gasteiger partial charge >= 0.3 is 0 Å². The average molecular weight is 398 g/mol. The zero-order chi connectivity index (χ0) is 15.6. The van der Waals surface area contributed by atoms with Crippen molar-refractivity contribution in [2.75, 3.05) is 5.32 Å². The predicted octanol–water partition coefficient (Wildman–Crippen LogP) is 2.87. The molecule has 0 aliphatic heterocycles. The number of hydrogen-bond acceptors (Lipinski definition) is 3. The van der Waals surface area contributed by atoms with E-state index in [2.05, 4.69) is 33.0 Å². The minimum atomic E-state index is -0.923. The highest BCUT2D eigenvalue weighted by Crippen LogP contribution is 2.20. The number of halogens is 2. The monoisotopic (exact) mass is 398 g/mol. The lowest BCUT2D eigenvalue weighted by atomic mass is 10.0. The summed E-state index contributed by atoms with van der Waals surface area (Å²) in [4.78, 5) is 12.3. The minimum Gasteiger partial charge on any atom is -0.324 e. The molecule has 1 heterocycles. The predicted molar refractivity (Wildman–Crippen MR) is 84.0 cm³/mol. The van der Waals surface area contributed by atoms with Crippen LogP contribution in [0.3, 0.4) is 0 Å². The van der Waals surface area contributed by atoms with Gasteiger partial charge in [0, 0.05) is 11.9 Å². The number of nitriles is 1. The summed E-state index contributed by atoms with van der Waals surface area (Å²) in [6.07, 6.45) is 3.40. The second-order valence-corrected chi connectivity index (χ2v) is 6.17. The van der Waals surface area contributed by atoms with Crippen molar-refractivity contribution in [2.45, 2.75) is 19.4 Å². The lowest BCUT2D eigenvalue weighted by Gasteiger charge is -2.24. The van der Waals surface area contributed by atoms with Gasteiger partial charge in [0.15, 0.2) is 0 Å². The number of anilines is 1. The number of amides is 1. The topological polar surface area (TPSA) is 70.7 Å². The summed E-state index contributed by atoms with van der Waals surface area (Å²) in [5.74, 6) is -0.993. The summed E-state index contributed by atoms with van der Waals surface area (Å²) in [5, 5.41) is 15.4. The summed E-state index contributed by atoms with van der Waals surface area (Å²) in [6, 6.07) is 5.67. The molecule has 2 rings (SSSR count). The average Bonchev–Trinajstić information content (AvgIpc) is 2.86. The summed E-state index contributed by atoms with van der Waals surface area (Å²) >= 11 is 2.10. The van der Waals surface area contributed by atoms with Crippen molar-refractivity contribution in [3.05, 3.63) is 45.5 Å². The normalized spacial score (nSPS) is 11.0. The molecule has 1 aromatic heterocycles. The van der Waals surface area contributed by atoms with Crippen LogP contribution in [0.25, 0.3) is 0 Å². The minimum absolute atomic E-state index is 0.0612. The van der Waals surface area contributed by atoms with Gasteiger partial charge in [-0.05, 0) is 54.6 Å². The Morgan fingerprint density at radius 3 is 2.76 bits per heavy atom. The zero-order valence-electron chi connectivity index (χ0n) is 11.4. The second-order valence-electron chi connectivity index (χ2n) is 4.92. The molecule has 1 N–H and O–H groups in total. The number of aromatic nitrogens is 2. The molecular weight excluding hydrogens is 386 g/mol. The Hall–Kier alpha value is -1.95. The molecule has 0 atom stereocenters. The standard InChI is InChI=1S/C14H12FIN4O/c1-14(2,20-8-10(16)7-18-20)13(21)19-11-4-3-9(6-17)12(15)5-11/h3-5,7-8H,1-2H3,(H,19,21). The van der Waals surface area contributed by atoms with Crippen LogP contribution in [-0.2, 0) is 10.3 Å². The van der Waals surface area contributed by atoms with E-state index in [-0.39, 0.29) is 11.5 Å². The first-order chi connectivity index (χ1) is 9.84. The molecule has 2 aromatic rings. The fraction of sp³-hybridized carbons (Fsp3) is 0.214. The van der Waals surface area contributed by atoms with Crippen LogP contribution in [0.4, 0.5) is 10.1 Å². The van der Waals surface area contributed by atoms with Crippen molar-refractivity contribution in [3.63, 3.8) is 0 Å². The molecule has 0 radical (unpaired) electrons. The van der Waals surface area contributed by atoms with Crippen LogP contribution in [0, 0.1) is 20.7 Å². The first-order valence-electron chi connectivity index (χ1n) is 6.06. The molecule has 1 amide bonds. The Labute approximate surface area is 134 Å². The molecular formula is C14H12FIN4O. The number of rotatable bonds is 3. The van der Waals surface area contributed by atoms with Gasteiger partial charge in [-0.15, -0.1) is 0 Å². The largest absolute Gasteiger partial charge is 0.324 e. The van der Waals surface area contributed by atoms with E-state index >= 15 is 0 Å². The van der Waals surface area contributed by atoms with Crippen molar-refractivity contribution in [1.29, 1.82) is 5.26 Å². The number of benzene rings is 1. The fourth-order valence-corrected chi connectivity index (χ4v) is 2.07. The third kappa shape index (κ3) is 3.21. The molecule has 0 saturated carbocycles. The maximum Gasteiger partial charge on any atom is 0.251 e. The number of nitrogens with one attached hydrogen (secondary N) is 1. The van der Waals surface area contributed by atoms with Gasteiger partial charge in [0.2, 0.25) is 0 Å². The highest BCUT2D eigenvalue weighted by atomic mass is 127. The maximum atomic E-state index is 13.5. The van der Waals surface area contributed by atoms with E-state index in [1.807, 2.05) is 0 Å². The highest BCUT2D eigenvalue weighted by molar-refractivity contribution is 14.1. The number of carbonyl (C=O) groups is 1. The van der Waals surface area contributed by atoms with Crippen LogP contribution >= 0.6 is 22.6 Å². The van der Waals surface area contributed by atoms with Crippen LogP contribution in [0.2, 0.25) is 0 Å². The van der Waals surface area contributed by atoms with Gasteiger partial charge in [-0.25, -0.2) is 4.39 Å². The Morgan fingerprint density at radius 2 is 2.24 bits per heavy atom. The Kier molecular flexibility index (Phi) is 4.27. The molecule has 7 heteroatoms. The van der Waals surface area contributed by atoms with Gasteiger partial charge in [0.1, 0.15) is 17.4 Å². The molecule has 0 spiro atoms. The first kappa shape index (κ1) is 15.4. The van der Waals surface area contributed by atoms with E-state index in [4.69, 9.17) is 5.26 Å². The SMILES string of the molecule is CC(C)(C(=O)Nc1ccc(C#N)c(F)c1)n1cc(I)cn1. The van der Waals surface area contributed by atoms with Crippen molar-refractivity contribution < 1.29 is 9.18 Å². The van der Waals surface area contributed by atoms with Crippen LogP contribution in [0.5, 0.6) is 0 Å². The third-order valence-corrected chi connectivity index (χ3v) is 3.58. The van der Waals surface area contributed by atoms with Gasteiger partial charge in [0.25, 0.3) is 5.91 Å². The van der Waals surface area contributed by atoms with E-state index in [9.17, 15) is 9.18 Å². The molecule has 0 fully saturated rings. The van der Waals surface area contributed by atoms with E-state index in [0.29, 0.717) is 5.69 Å². The van der Waals surface area contributed by atoms with Gasteiger partial charge in [0.05, 0.1) is 15.3 Å². The molecule has 0 unspecified atom stereocenters. The summed E-state index contributed by atoms with van der Waals surface area (Å²) in [6.45, 7) is 3.43. The fourth-order valence-electron chi connectivity index (χ4n) is 1.68. The van der Waals surface area contributed by atoms with E-state index in [0.717, 1.165) is 9.64 Å². The van der Waals surface area contributed by atoms with E-state index in [1.165, 1.54) is 12.1 Å². The third-order valence-electron chi connectivity index (χ3n) is 3.03. The Bertz CT molecular complexity index is 733. The lowest BCUT2D eigenvalue weighted by molar-refractivity contribution is -0.123. The van der Waals surface area contributed by atoms with Crippen molar-refractivity contribution in [2.24, 2.45) is 0 Å². The van der Waals surface area contributed by atoms with Crippen molar-refractivity contribution in [3.8, 4) is 6.07 Å². The first-order valence-corrected chi connectivity index (χ1v) is 7.14. The van der Waals surface area contributed by atoms with Crippen LogP contribution < -0.4 is 5.32 Å². The molecule has 0 bridgehead atoms. The van der Waals surface area contributed by atoms with Crippen LogP contribution in [-0.4, -0.2) is 15.7 Å². The molecule has 5 nitrogen and oxygen atoms in total. The van der Waals surface area contributed by atoms with Crippen LogP contribution in [0.15, 0.2) is 30.6 Å². The van der Waals surface area contributed by atoms with Gasteiger partial charge in [-0.1, -0.05) is 0 Å². The number of carbonyl (C=O) groups excluding carboxylic acids is 1. The van der Waals surface area contributed by atoms with Gasteiger partial charge in [-0.2, -0.15) is 10.4 Å².